The number of hydrogen-bond acceptors (Lipinski definition) is 5. The first kappa shape index (κ1) is 17.8. The van der Waals surface area contributed by atoms with Crippen molar-refractivity contribution in [3.8, 4) is 5.75 Å². The summed E-state index contributed by atoms with van der Waals surface area (Å²) in [6.07, 6.45) is 6.65. The average Bonchev–Trinajstić information content (AvgIpc) is 3.29. The lowest BCUT2D eigenvalue weighted by atomic mass is 10.1. The molecule has 1 fully saturated rings. The van der Waals surface area contributed by atoms with Crippen LogP contribution in [0.2, 0.25) is 0 Å². The number of aromatic amines is 1. The summed E-state index contributed by atoms with van der Waals surface area (Å²) in [5.74, 6) is 0.423. The van der Waals surface area contributed by atoms with E-state index >= 15 is 0 Å². The summed E-state index contributed by atoms with van der Waals surface area (Å²) in [5, 5.41) is 1.93. The molecule has 0 radical (unpaired) electrons. The van der Waals surface area contributed by atoms with Gasteiger partial charge in [-0.1, -0.05) is 0 Å². The van der Waals surface area contributed by atoms with E-state index in [1.807, 2.05) is 18.2 Å². The number of H-pyrrole nitrogens is 1. The van der Waals surface area contributed by atoms with E-state index in [1.54, 1.807) is 20.2 Å². The van der Waals surface area contributed by atoms with E-state index in [1.165, 1.54) is 12.8 Å². The number of fused-ring (bicyclic) bond motifs is 3. The number of esters is 1. The number of ether oxygens (including phenoxy) is 3. The largest absolute Gasteiger partial charge is 0.490 e. The zero-order valence-electron chi connectivity index (χ0n) is 15.7. The van der Waals surface area contributed by atoms with Crippen LogP contribution in [0, 0.1) is 0 Å². The van der Waals surface area contributed by atoms with Gasteiger partial charge in [0.1, 0.15) is 5.75 Å². The maximum atomic E-state index is 12.4. The van der Waals surface area contributed by atoms with Crippen LogP contribution in [0.5, 0.6) is 5.75 Å². The first-order valence-electron chi connectivity index (χ1n) is 9.47. The molecule has 6 heteroatoms. The van der Waals surface area contributed by atoms with Crippen LogP contribution in [-0.2, 0) is 16.1 Å². The van der Waals surface area contributed by atoms with Crippen molar-refractivity contribution in [3.05, 3.63) is 35.7 Å². The van der Waals surface area contributed by atoms with Crippen LogP contribution in [0.3, 0.4) is 0 Å². The minimum absolute atomic E-state index is 0.277. The lowest BCUT2D eigenvalue weighted by molar-refractivity contribution is 0.0514. The Morgan fingerprint density at radius 2 is 2.07 bits per heavy atom. The van der Waals surface area contributed by atoms with Crippen molar-refractivity contribution in [3.63, 3.8) is 0 Å². The van der Waals surface area contributed by atoms with Crippen molar-refractivity contribution in [2.45, 2.75) is 45.3 Å². The summed E-state index contributed by atoms with van der Waals surface area (Å²) < 4.78 is 16.7. The van der Waals surface area contributed by atoms with Crippen molar-refractivity contribution < 1.29 is 19.0 Å². The molecule has 0 saturated heterocycles. The topological polar surface area (TPSA) is 73.4 Å². The van der Waals surface area contributed by atoms with Crippen molar-refractivity contribution in [2.75, 3.05) is 13.7 Å². The average molecular weight is 368 g/mol. The van der Waals surface area contributed by atoms with E-state index in [0.29, 0.717) is 18.4 Å². The number of hydrogen-bond donors (Lipinski definition) is 1. The predicted molar refractivity (Wildman–Crippen MR) is 103 cm³/mol. The van der Waals surface area contributed by atoms with Gasteiger partial charge in [0.05, 0.1) is 31.0 Å². The normalized spacial score (nSPS) is 14.9. The molecule has 0 spiro atoms. The summed E-state index contributed by atoms with van der Waals surface area (Å²) in [5.41, 5.74) is 2.87. The predicted octanol–water partition coefficient (Wildman–Crippen LogP) is 4.36. The van der Waals surface area contributed by atoms with Crippen LogP contribution >= 0.6 is 0 Å². The minimum Gasteiger partial charge on any atom is -0.490 e. The second kappa shape index (κ2) is 7.56. The van der Waals surface area contributed by atoms with Crippen LogP contribution < -0.4 is 4.74 Å². The molecule has 2 heterocycles. The smallest absolute Gasteiger partial charge is 0.357 e. The SMILES string of the molecule is CCOC(=O)c1ncc2[nH]c3ccc(OC4CCCC4)cc3c2c1COC. The van der Waals surface area contributed by atoms with Crippen molar-refractivity contribution in [2.24, 2.45) is 0 Å². The Balaban J connectivity index is 1.84. The number of carbonyl (C=O) groups is 1. The molecule has 27 heavy (non-hydrogen) atoms. The lowest BCUT2D eigenvalue weighted by Gasteiger charge is -2.13. The third-order valence-corrected chi connectivity index (χ3v) is 5.07. The Morgan fingerprint density at radius 1 is 1.26 bits per heavy atom. The van der Waals surface area contributed by atoms with Crippen molar-refractivity contribution in [1.29, 1.82) is 0 Å². The molecule has 0 atom stereocenters. The molecule has 1 saturated carbocycles. The highest BCUT2D eigenvalue weighted by Crippen LogP contribution is 2.34. The van der Waals surface area contributed by atoms with Gasteiger partial charge in [-0.15, -0.1) is 0 Å². The molecule has 0 amide bonds. The van der Waals surface area contributed by atoms with Crippen molar-refractivity contribution in [1.82, 2.24) is 9.97 Å². The molecule has 0 bridgehead atoms. The molecule has 1 aromatic carbocycles. The number of rotatable bonds is 6. The first-order valence-corrected chi connectivity index (χ1v) is 9.47. The molecule has 1 aliphatic rings. The number of methoxy groups -OCH3 is 1. The molecular weight excluding hydrogens is 344 g/mol. The standard InChI is InChI=1S/C21H24N2O4/c1-3-26-21(24)20-16(12-25-2)19-15-10-14(27-13-6-4-5-7-13)8-9-17(15)23-18(19)11-22-20/h8-11,13,23H,3-7,12H2,1-2H3. The van der Waals surface area contributed by atoms with Gasteiger partial charge < -0.3 is 19.2 Å². The molecule has 142 valence electrons. The van der Waals surface area contributed by atoms with Gasteiger partial charge in [0.25, 0.3) is 0 Å². The van der Waals surface area contributed by atoms with E-state index in [-0.39, 0.29) is 6.61 Å². The summed E-state index contributed by atoms with van der Waals surface area (Å²) in [7, 11) is 1.61. The zero-order chi connectivity index (χ0) is 18.8. The Labute approximate surface area is 157 Å². The van der Waals surface area contributed by atoms with Crippen LogP contribution in [0.4, 0.5) is 0 Å². The van der Waals surface area contributed by atoms with E-state index in [4.69, 9.17) is 14.2 Å². The summed E-state index contributed by atoms with van der Waals surface area (Å²) in [6, 6.07) is 6.05. The van der Waals surface area contributed by atoms with Crippen LogP contribution in [0.15, 0.2) is 24.4 Å². The molecule has 2 aromatic heterocycles. The van der Waals surface area contributed by atoms with Gasteiger partial charge in [-0.05, 0) is 50.8 Å². The second-order valence-electron chi connectivity index (χ2n) is 6.88. The molecule has 0 aliphatic heterocycles. The fourth-order valence-electron chi connectivity index (χ4n) is 3.87. The van der Waals surface area contributed by atoms with Gasteiger partial charge in [-0.3, -0.25) is 0 Å². The fraction of sp³-hybridized carbons (Fsp3) is 0.429. The molecular formula is C21H24N2O4. The summed E-state index contributed by atoms with van der Waals surface area (Å²) >= 11 is 0. The Morgan fingerprint density at radius 3 is 2.81 bits per heavy atom. The number of carbonyl (C=O) groups excluding carboxylic acids is 1. The van der Waals surface area contributed by atoms with E-state index in [2.05, 4.69) is 9.97 Å². The van der Waals surface area contributed by atoms with E-state index in [0.717, 1.165) is 46.0 Å². The molecule has 1 aliphatic carbocycles. The van der Waals surface area contributed by atoms with Crippen LogP contribution in [0.25, 0.3) is 21.8 Å². The maximum absolute atomic E-state index is 12.4. The molecule has 0 unspecified atom stereocenters. The highest BCUT2D eigenvalue weighted by atomic mass is 16.5. The fourth-order valence-corrected chi connectivity index (χ4v) is 3.87. The van der Waals surface area contributed by atoms with Gasteiger partial charge in [0, 0.05) is 29.0 Å². The first-order chi connectivity index (χ1) is 13.2. The Kier molecular flexibility index (Phi) is 4.99. The third-order valence-electron chi connectivity index (χ3n) is 5.07. The van der Waals surface area contributed by atoms with Gasteiger partial charge >= 0.3 is 5.97 Å². The molecule has 4 rings (SSSR count). The van der Waals surface area contributed by atoms with Crippen molar-refractivity contribution >= 4 is 27.8 Å². The van der Waals surface area contributed by atoms with E-state index in [9.17, 15) is 4.79 Å². The number of pyridine rings is 1. The Bertz CT molecular complexity index is 973. The lowest BCUT2D eigenvalue weighted by Crippen LogP contribution is -2.11. The van der Waals surface area contributed by atoms with E-state index < -0.39 is 5.97 Å². The van der Waals surface area contributed by atoms with Gasteiger partial charge in [-0.25, -0.2) is 9.78 Å². The Hall–Kier alpha value is -2.60. The van der Waals surface area contributed by atoms with Crippen LogP contribution in [0.1, 0.15) is 48.7 Å². The van der Waals surface area contributed by atoms with Gasteiger partial charge in [0.15, 0.2) is 5.69 Å². The van der Waals surface area contributed by atoms with Gasteiger partial charge in [0.2, 0.25) is 0 Å². The highest BCUT2D eigenvalue weighted by molar-refractivity contribution is 6.11. The molecule has 3 aromatic rings. The monoisotopic (exact) mass is 368 g/mol. The van der Waals surface area contributed by atoms with Gasteiger partial charge in [-0.2, -0.15) is 0 Å². The maximum Gasteiger partial charge on any atom is 0.357 e. The third kappa shape index (κ3) is 3.37. The quantitative estimate of drug-likeness (QED) is 0.655. The van der Waals surface area contributed by atoms with Crippen LogP contribution in [-0.4, -0.2) is 35.8 Å². The second-order valence-corrected chi connectivity index (χ2v) is 6.88. The number of nitrogens with one attached hydrogen (secondary N) is 1. The number of nitrogens with zero attached hydrogens (tertiary/aromatic N) is 1. The minimum atomic E-state index is -0.431. The summed E-state index contributed by atoms with van der Waals surface area (Å²) in [4.78, 5) is 20.1. The number of benzene rings is 1. The molecule has 1 N–H and O–H groups in total. The molecule has 6 nitrogen and oxygen atoms in total. The summed E-state index contributed by atoms with van der Waals surface area (Å²) in [6.45, 7) is 2.36. The highest BCUT2D eigenvalue weighted by Gasteiger charge is 2.21. The number of aromatic nitrogens is 2. The zero-order valence-corrected chi connectivity index (χ0v) is 15.7.